The van der Waals surface area contributed by atoms with Crippen molar-refractivity contribution in [1.82, 2.24) is 4.98 Å². The molecule has 1 amide bonds. The van der Waals surface area contributed by atoms with Gasteiger partial charge in [-0.05, 0) is 15.9 Å². The monoisotopic (exact) mass is 352 g/mol. The SMILES string of the molecule is COc1cc(N2CC(S(=O)(=O)F)CC2=O)c(Br)cn1. The van der Waals surface area contributed by atoms with E-state index < -0.39 is 21.4 Å². The van der Waals surface area contributed by atoms with Gasteiger partial charge in [0.05, 0.1) is 17.3 Å². The highest BCUT2D eigenvalue weighted by atomic mass is 79.9. The van der Waals surface area contributed by atoms with Crippen LogP contribution in [0.15, 0.2) is 16.7 Å². The van der Waals surface area contributed by atoms with E-state index in [1.54, 1.807) is 0 Å². The fourth-order valence-electron chi connectivity index (χ4n) is 1.82. The molecular weight excluding hydrogens is 343 g/mol. The van der Waals surface area contributed by atoms with Crippen molar-refractivity contribution >= 4 is 37.7 Å². The summed E-state index contributed by atoms with van der Waals surface area (Å²) in [5.74, 6) is -0.183. The van der Waals surface area contributed by atoms with E-state index in [9.17, 15) is 17.1 Å². The molecule has 0 N–H and O–H groups in total. The lowest BCUT2D eigenvalue weighted by molar-refractivity contribution is -0.117. The minimum absolute atomic E-state index is 0.219. The van der Waals surface area contributed by atoms with Gasteiger partial charge in [-0.2, -0.15) is 8.42 Å². The third-order valence-electron chi connectivity index (χ3n) is 2.80. The van der Waals surface area contributed by atoms with Gasteiger partial charge in [0, 0.05) is 25.2 Å². The average molecular weight is 353 g/mol. The van der Waals surface area contributed by atoms with Gasteiger partial charge in [-0.3, -0.25) is 4.79 Å². The normalized spacial score (nSPS) is 19.8. The minimum atomic E-state index is -4.73. The molecular formula is C10H10BrFN2O4S. The van der Waals surface area contributed by atoms with Crippen LogP contribution in [0.25, 0.3) is 0 Å². The second-order valence-corrected chi connectivity index (χ2v) is 6.46. The third kappa shape index (κ3) is 2.86. The number of pyridine rings is 1. The highest BCUT2D eigenvalue weighted by molar-refractivity contribution is 9.10. The standard InChI is InChI=1S/C10H10BrFN2O4S/c1-18-9-3-8(7(11)4-13-9)14-5-6(2-10(14)15)19(12,16)17/h3-4,6H,2,5H2,1H3. The fourth-order valence-corrected chi connectivity index (χ4v) is 2.92. The van der Waals surface area contributed by atoms with E-state index in [1.807, 2.05) is 0 Å². The lowest BCUT2D eigenvalue weighted by Gasteiger charge is -2.18. The molecule has 1 atom stereocenters. The Hall–Kier alpha value is -1.22. The van der Waals surface area contributed by atoms with E-state index in [1.165, 1.54) is 24.3 Å². The predicted octanol–water partition coefficient (Wildman–Crippen LogP) is 1.26. The van der Waals surface area contributed by atoms with E-state index >= 15 is 0 Å². The highest BCUT2D eigenvalue weighted by Crippen LogP contribution is 2.33. The van der Waals surface area contributed by atoms with E-state index in [0.29, 0.717) is 10.2 Å². The molecule has 0 saturated carbocycles. The van der Waals surface area contributed by atoms with Crippen molar-refractivity contribution in [3.63, 3.8) is 0 Å². The number of hydrogen-bond acceptors (Lipinski definition) is 5. The number of carbonyl (C=O) groups excluding carboxylic acids is 1. The largest absolute Gasteiger partial charge is 0.481 e. The zero-order valence-corrected chi connectivity index (χ0v) is 12.2. The van der Waals surface area contributed by atoms with E-state index in [2.05, 4.69) is 20.9 Å². The van der Waals surface area contributed by atoms with Gasteiger partial charge in [0.2, 0.25) is 11.8 Å². The molecule has 0 radical (unpaired) electrons. The summed E-state index contributed by atoms with van der Waals surface area (Å²) in [5, 5.41) is -1.33. The zero-order chi connectivity index (χ0) is 14.2. The topological polar surface area (TPSA) is 76.6 Å². The second kappa shape index (κ2) is 5.04. The van der Waals surface area contributed by atoms with Crippen LogP contribution in [-0.2, 0) is 15.0 Å². The predicted molar refractivity (Wildman–Crippen MR) is 69.3 cm³/mol. The van der Waals surface area contributed by atoms with Crippen LogP contribution in [0.1, 0.15) is 6.42 Å². The number of aromatic nitrogens is 1. The molecule has 2 heterocycles. The smallest absolute Gasteiger partial charge is 0.307 e. The number of anilines is 1. The Morgan fingerprint density at radius 2 is 2.26 bits per heavy atom. The first-order valence-corrected chi connectivity index (χ1v) is 7.50. The van der Waals surface area contributed by atoms with E-state index in [0.717, 1.165) is 0 Å². The summed E-state index contributed by atoms with van der Waals surface area (Å²) in [4.78, 5) is 16.9. The van der Waals surface area contributed by atoms with Crippen molar-refractivity contribution in [2.24, 2.45) is 0 Å². The first-order chi connectivity index (χ1) is 8.82. The van der Waals surface area contributed by atoms with Crippen LogP contribution in [0.3, 0.4) is 0 Å². The number of rotatable bonds is 3. The molecule has 0 aliphatic carbocycles. The lowest BCUT2D eigenvalue weighted by Crippen LogP contribution is -2.27. The Kier molecular flexibility index (Phi) is 3.77. The van der Waals surface area contributed by atoms with E-state index in [-0.39, 0.29) is 18.8 Å². The average Bonchev–Trinajstić information content (AvgIpc) is 2.72. The van der Waals surface area contributed by atoms with E-state index in [4.69, 9.17) is 4.74 Å². The Morgan fingerprint density at radius 1 is 1.58 bits per heavy atom. The molecule has 1 fully saturated rings. The van der Waals surface area contributed by atoms with Crippen molar-refractivity contribution in [3.8, 4) is 5.88 Å². The Labute approximate surface area is 117 Å². The number of amides is 1. The zero-order valence-electron chi connectivity index (χ0n) is 9.84. The van der Waals surface area contributed by atoms with Crippen molar-refractivity contribution in [1.29, 1.82) is 0 Å². The van der Waals surface area contributed by atoms with Gasteiger partial charge in [-0.1, -0.05) is 0 Å². The molecule has 104 valence electrons. The Balaban J connectivity index is 2.35. The summed E-state index contributed by atoms with van der Waals surface area (Å²) >= 11 is 3.21. The van der Waals surface area contributed by atoms with Crippen LogP contribution in [0, 0.1) is 0 Å². The van der Waals surface area contributed by atoms with Gasteiger partial charge >= 0.3 is 10.2 Å². The molecule has 1 aliphatic rings. The summed E-state index contributed by atoms with van der Waals surface area (Å²) < 4.78 is 40.1. The summed E-state index contributed by atoms with van der Waals surface area (Å²) in [7, 11) is -3.31. The lowest BCUT2D eigenvalue weighted by atomic mass is 10.3. The maximum atomic E-state index is 12.9. The van der Waals surface area contributed by atoms with Crippen LogP contribution >= 0.6 is 15.9 Å². The van der Waals surface area contributed by atoms with Gasteiger partial charge in [0.1, 0.15) is 5.25 Å². The van der Waals surface area contributed by atoms with Crippen LogP contribution in [0.5, 0.6) is 5.88 Å². The van der Waals surface area contributed by atoms with Crippen molar-refractivity contribution in [2.45, 2.75) is 11.7 Å². The number of ether oxygens (including phenoxy) is 1. The molecule has 0 bridgehead atoms. The molecule has 6 nitrogen and oxygen atoms in total. The number of carbonyl (C=O) groups is 1. The number of halogens is 2. The first-order valence-electron chi connectivity index (χ1n) is 5.26. The first kappa shape index (κ1) is 14.2. The fraction of sp³-hybridized carbons (Fsp3) is 0.400. The minimum Gasteiger partial charge on any atom is -0.481 e. The molecule has 9 heteroatoms. The van der Waals surface area contributed by atoms with Crippen molar-refractivity contribution in [3.05, 3.63) is 16.7 Å². The van der Waals surface area contributed by atoms with Crippen LogP contribution in [0.4, 0.5) is 9.57 Å². The van der Waals surface area contributed by atoms with Crippen molar-refractivity contribution < 1.29 is 21.8 Å². The molecule has 1 aromatic heterocycles. The number of methoxy groups -OCH3 is 1. The maximum absolute atomic E-state index is 12.9. The maximum Gasteiger partial charge on any atom is 0.307 e. The van der Waals surface area contributed by atoms with Crippen molar-refractivity contribution in [2.75, 3.05) is 18.6 Å². The molecule has 2 rings (SSSR count). The summed E-state index contributed by atoms with van der Waals surface area (Å²) in [6.45, 7) is -0.219. The molecule has 1 unspecified atom stereocenters. The van der Waals surface area contributed by atoms with Crippen LogP contribution in [-0.4, -0.2) is 38.2 Å². The molecule has 0 spiro atoms. The van der Waals surface area contributed by atoms with Gasteiger partial charge in [-0.15, -0.1) is 3.89 Å². The number of nitrogens with zero attached hydrogens (tertiary/aromatic N) is 2. The molecule has 1 saturated heterocycles. The molecule has 19 heavy (non-hydrogen) atoms. The van der Waals surface area contributed by atoms with Crippen LogP contribution in [0.2, 0.25) is 0 Å². The van der Waals surface area contributed by atoms with Gasteiger partial charge in [0.25, 0.3) is 0 Å². The summed E-state index contributed by atoms with van der Waals surface area (Å²) in [6, 6.07) is 1.48. The quantitative estimate of drug-likeness (QED) is 0.765. The molecule has 0 aromatic carbocycles. The van der Waals surface area contributed by atoms with Crippen LogP contribution < -0.4 is 9.64 Å². The summed E-state index contributed by atoms with van der Waals surface area (Å²) in [5.41, 5.74) is 0.406. The Morgan fingerprint density at radius 3 is 2.79 bits per heavy atom. The van der Waals surface area contributed by atoms with Gasteiger partial charge in [0.15, 0.2) is 0 Å². The van der Waals surface area contributed by atoms with Gasteiger partial charge in [-0.25, -0.2) is 4.98 Å². The Bertz CT molecular complexity index is 622. The highest BCUT2D eigenvalue weighted by Gasteiger charge is 2.39. The summed E-state index contributed by atoms with van der Waals surface area (Å²) in [6.07, 6.45) is 1.06. The second-order valence-electron chi connectivity index (χ2n) is 3.98. The third-order valence-corrected chi connectivity index (χ3v) is 4.52. The molecule has 1 aliphatic heterocycles. The molecule has 1 aromatic rings. The number of hydrogen-bond donors (Lipinski definition) is 0. The van der Waals surface area contributed by atoms with Gasteiger partial charge < -0.3 is 9.64 Å².